The predicted octanol–water partition coefficient (Wildman–Crippen LogP) is 3.10. The first-order chi connectivity index (χ1) is 22.7. The van der Waals surface area contributed by atoms with Crippen LogP contribution < -0.4 is 5.32 Å². The van der Waals surface area contributed by atoms with Gasteiger partial charge in [0.05, 0.1) is 35.4 Å². The van der Waals surface area contributed by atoms with Crippen LogP contribution in [0.25, 0.3) is 0 Å². The smallest absolute Gasteiger partial charge is 0.275 e. The summed E-state index contributed by atoms with van der Waals surface area (Å²) in [5, 5.41) is 2.19. The number of piperazine rings is 1. The minimum Gasteiger partial charge on any atom is -0.295 e. The number of benzene rings is 2. The maximum absolute atomic E-state index is 15.9. The van der Waals surface area contributed by atoms with Crippen LogP contribution in [0.15, 0.2) is 72.9 Å². The number of aromatic nitrogens is 1. The van der Waals surface area contributed by atoms with E-state index in [1.165, 1.54) is 6.07 Å². The first-order valence-electron chi connectivity index (χ1n) is 16.1. The molecule has 0 bridgehead atoms. The monoisotopic (exact) mass is 642 g/mol. The number of amides is 4. The molecule has 4 aliphatic rings. The molecule has 0 radical (unpaired) electrons. The Morgan fingerprint density at radius 1 is 0.851 bits per heavy atom. The van der Waals surface area contributed by atoms with Crippen molar-refractivity contribution in [1.82, 2.24) is 29.9 Å². The molecule has 1 N–H and O–H groups in total. The fourth-order valence-corrected chi connectivity index (χ4v) is 7.59. The van der Waals surface area contributed by atoms with Gasteiger partial charge in [-0.25, -0.2) is 8.78 Å². The number of alkyl halides is 2. The van der Waals surface area contributed by atoms with Crippen LogP contribution in [0.4, 0.5) is 8.78 Å². The molecule has 4 aliphatic heterocycles. The molecule has 5 heterocycles. The molecule has 3 saturated heterocycles. The van der Waals surface area contributed by atoms with Crippen LogP contribution in [0.2, 0.25) is 0 Å². The fourth-order valence-electron chi connectivity index (χ4n) is 7.59. The number of imide groups is 2. The van der Waals surface area contributed by atoms with Gasteiger partial charge in [0.2, 0.25) is 11.8 Å². The first kappa shape index (κ1) is 31.2. The van der Waals surface area contributed by atoms with Crippen molar-refractivity contribution in [3.8, 4) is 0 Å². The molecule has 7 rings (SSSR count). The Labute approximate surface area is 271 Å². The molecule has 4 amide bonds. The van der Waals surface area contributed by atoms with Gasteiger partial charge in [-0.3, -0.25) is 49.1 Å². The molecule has 10 nitrogen and oxygen atoms in total. The molecule has 0 spiro atoms. The lowest BCUT2D eigenvalue weighted by atomic mass is 9.95. The van der Waals surface area contributed by atoms with Crippen LogP contribution >= 0.6 is 0 Å². The third-order valence-electron chi connectivity index (χ3n) is 9.83. The number of likely N-dealkylation sites (tertiary alicyclic amines) is 1. The van der Waals surface area contributed by atoms with E-state index < -0.39 is 48.2 Å². The van der Waals surface area contributed by atoms with Crippen molar-refractivity contribution < 1.29 is 28.0 Å². The first-order valence-corrected chi connectivity index (χ1v) is 16.1. The standard InChI is InChI=1S/C35H36F2N6O4/c36-35(37)22-40(21-24-9-6-10-25-30(24)34(47)43(33(25)46)27-12-13-29(44)39-32(27)45)16-14-28(35)41-17-19-42(20-18-41)31(23-7-2-1-3-8-23)26-11-4-5-15-38-26/h1-11,15,27-28,31H,12-14,16-22H2,(H,39,44,45). The molecule has 3 fully saturated rings. The second kappa shape index (κ2) is 12.7. The number of nitrogens with zero attached hydrogens (tertiary/aromatic N) is 5. The van der Waals surface area contributed by atoms with Crippen LogP contribution in [-0.2, 0) is 16.1 Å². The van der Waals surface area contributed by atoms with E-state index in [9.17, 15) is 19.2 Å². The van der Waals surface area contributed by atoms with Gasteiger partial charge in [0, 0.05) is 51.9 Å². The molecule has 3 unspecified atom stereocenters. The number of hydrogen-bond donors (Lipinski definition) is 1. The number of rotatable bonds is 7. The summed E-state index contributed by atoms with van der Waals surface area (Å²) in [7, 11) is 0. The second-order valence-electron chi connectivity index (χ2n) is 12.7. The fraction of sp³-hybridized carbons (Fsp3) is 0.400. The average molecular weight is 643 g/mol. The summed E-state index contributed by atoms with van der Waals surface area (Å²) in [6.07, 6.45) is 2.12. The van der Waals surface area contributed by atoms with Crippen molar-refractivity contribution in [1.29, 1.82) is 0 Å². The van der Waals surface area contributed by atoms with Crippen LogP contribution in [0, 0.1) is 0 Å². The molecule has 3 atom stereocenters. The maximum Gasteiger partial charge on any atom is 0.275 e. The van der Waals surface area contributed by atoms with Crippen LogP contribution in [0.1, 0.15) is 62.8 Å². The van der Waals surface area contributed by atoms with Gasteiger partial charge in [-0.1, -0.05) is 48.5 Å². The Kier molecular flexibility index (Phi) is 8.41. The van der Waals surface area contributed by atoms with Crippen LogP contribution in [-0.4, -0.2) is 105 Å². The van der Waals surface area contributed by atoms with Gasteiger partial charge in [0.25, 0.3) is 17.7 Å². The number of carbonyl (C=O) groups excluding carboxylic acids is 4. The second-order valence-corrected chi connectivity index (χ2v) is 12.7. The van der Waals surface area contributed by atoms with E-state index >= 15 is 8.78 Å². The highest BCUT2D eigenvalue weighted by Gasteiger charge is 2.49. The Bertz CT molecular complexity index is 1640. The van der Waals surface area contributed by atoms with E-state index in [0.29, 0.717) is 38.3 Å². The summed E-state index contributed by atoms with van der Waals surface area (Å²) in [6.45, 7) is 2.28. The minimum absolute atomic E-state index is 0.0214. The summed E-state index contributed by atoms with van der Waals surface area (Å²) in [6, 6.07) is 18.8. The van der Waals surface area contributed by atoms with Gasteiger partial charge in [-0.2, -0.15) is 0 Å². The summed E-state index contributed by atoms with van der Waals surface area (Å²) >= 11 is 0. The third-order valence-corrected chi connectivity index (χ3v) is 9.83. The molecular weight excluding hydrogens is 606 g/mol. The minimum atomic E-state index is -2.99. The number of hydrogen-bond acceptors (Lipinski definition) is 8. The number of carbonyl (C=O) groups is 4. The number of halogens is 2. The maximum atomic E-state index is 15.9. The lowest BCUT2D eigenvalue weighted by Gasteiger charge is -2.47. The molecule has 244 valence electrons. The number of piperidine rings is 2. The topological polar surface area (TPSA) is 106 Å². The molecule has 0 saturated carbocycles. The lowest BCUT2D eigenvalue weighted by molar-refractivity contribution is -0.136. The SMILES string of the molecule is O=C1CCC(N2C(=O)c3cccc(CN4CCC(N5CCN(C(c6ccccc6)c6ccccn6)CC5)C(F)(F)C4)c3C2=O)C(=O)N1. The van der Waals surface area contributed by atoms with Crippen molar-refractivity contribution in [3.63, 3.8) is 0 Å². The summed E-state index contributed by atoms with van der Waals surface area (Å²) < 4.78 is 31.8. The van der Waals surface area contributed by atoms with Crippen LogP contribution in [0.3, 0.4) is 0 Å². The highest BCUT2D eigenvalue weighted by Crippen LogP contribution is 2.36. The highest BCUT2D eigenvalue weighted by molar-refractivity contribution is 6.24. The largest absolute Gasteiger partial charge is 0.295 e. The average Bonchev–Trinajstić information content (AvgIpc) is 3.32. The molecule has 2 aromatic carbocycles. The number of pyridine rings is 1. The van der Waals surface area contributed by atoms with E-state index in [-0.39, 0.29) is 43.0 Å². The molecule has 3 aromatic rings. The molecule has 47 heavy (non-hydrogen) atoms. The van der Waals surface area contributed by atoms with Gasteiger partial charge >= 0.3 is 0 Å². The summed E-state index contributed by atoms with van der Waals surface area (Å²) in [5.41, 5.74) is 2.81. The number of nitrogens with one attached hydrogen (secondary N) is 1. The van der Waals surface area contributed by atoms with E-state index in [1.807, 2.05) is 41.3 Å². The Balaban J connectivity index is 1.01. The molecule has 12 heteroatoms. The number of fused-ring (bicyclic) bond motifs is 1. The van der Waals surface area contributed by atoms with Gasteiger partial charge in [-0.05, 0) is 42.2 Å². The van der Waals surface area contributed by atoms with Crippen molar-refractivity contribution in [3.05, 3.63) is 101 Å². The molecule has 1 aromatic heterocycles. The molecule has 0 aliphatic carbocycles. The Morgan fingerprint density at radius 2 is 1.62 bits per heavy atom. The Hall–Kier alpha value is -4.39. The quantitative estimate of drug-likeness (QED) is 0.392. The van der Waals surface area contributed by atoms with E-state index in [1.54, 1.807) is 23.2 Å². The summed E-state index contributed by atoms with van der Waals surface area (Å²) in [4.78, 5) is 62.2. The van der Waals surface area contributed by atoms with Gasteiger partial charge < -0.3 is 0 Å². The molecular formula is C35H36F2N6O4. The van der Waals surface area contributed by atoms with Gasteiger partial charge in [0.15, 0.2) is 0 Å². The Morgan fingerprint density at radius 3 is 2.32 bits per heavy atom. The normalized spacial score (nSPS) is 24.7. The summed E-state index contributed by atoms with van der Waals surface area (Å²) in [5.74, 6) is -5.37. The van der Waals surface area contributed by atoms with Crippen molar-refractivity contribution >= 4 is 23.6 Å². The van der Waals surface area contributed by atoms with E-state index in [0.717, 1.165) is 16.2 Å². The zero-order chi connectivity index (χ0) is 32.7. The van der Waals surface area contributed by atoms with Gasteiger partial charge in [-0.15, -0.1) is 0 Å². The van der Waals surface area contributed by atoms with Crippen molar-refractivity contribution in [2.24, 2.45) is 0 Å². The van der Waals surface area contributed by atoms with E-state index in [2.05, 4.69) is 27.3 Å². The van der Waals surface area contributed by atoms with Gasteiger partial charge in [0.1, 0.15) is 6.04 Å². The van der Waals surface area contributed by atoms with Crippen molar-refractivity contribution in [2.75, 3.05) is 39.3 Å². The van der Waals surface area contributed by atoms with E-state index in [4.69, 9.17) is 0 Å². The predicted molar refractivity (Wildman–Crippen MR) is 167 cm³/mol. The third kappa shape index (κ3) is 5.97. The zero-order valence-electron chi connectivity index (χ0n) is 25.9. The van der Waals surface area contributed by atoms with Crippen molar-refractivity contribution in [2.45, 2.75) is 49.9 Å². The zero-order valence-corrected chi connectivity index (χ0v) is 25.9. The van der Waals surface area contributed by atoms with Crippen LogP contribution in [0.5, 0.6) is 0 Å². The highest BCUT2D eigenvalue weighted by atomic mass is 19.3. The lowest BCUT2D eigenvalue weighted by Crippen LogP contribution is -2.61.